The van der Waals surface area contributed by atoms with Crippen molar-refractivity contribution < 1.29 is 28.6 Å². The highest BCUT2D eigenvalue weighted by Crippen LogP contribution is 2.33. The molecule has 1 atom stereocenters. The summed E-state index contributed by atoms with van der Waals surface area (Å²) >= 11 is 5.32. The van der Waals surface area contributed by atoms with Crippen molar-refractivity contribution in [2.75, 3.05) is 19.8 Å². The van der Waals surface area contributed by atoms with Crippen molar-refractivity contribution in [3.8, 4) is 11.4 Å². The molecule has 0 fully saturated rings. The van der Waals surface area contributed by atoms with Crippen LogP contribution in [0.5, 0.6) is 5.75 Å². The van der Waals surface area contributed by atoms with Crippen molar-refractivity contribution >= 4 is 41.4 Å². The van der Waals surface area contributed by atoms with E-state index in [9.17, 15) is 14.4 Å². The van der Waals surface area contributed by atoms with Gasteiger partial charge in [0.2, 0.25) is 0 Å². The highest BCUT2D eigenvalue weighted by molar-refractivity contribution is 7.80. The molecule has 2 aromatic carbocycles. The second-order valence-corrected chi connectivity index (χ2v) is 10.2. The smallest absolute Gasteiger partial charge is 0.338 e. The Morgan fingerprint density at radius 3 is 2.39 bits per heavy atom. The number of nitrogens with zero attached hydrogens (tertiary/aromatic N) is 2. The SMILES string of the molecule is CCOC(=O)C1=C(C)NC(=S)N[C@@H]1c1ccccc1OCC(=O)NN=Cc1cc(C)n(-c2ccc(C(=O)OCC)cc2)c1C. The van der Waals surface area contributed by atoms with E-state index in [0.29, 0.717) is 39.9 Å². The summed E-state index contributed by atoms with van der Waals surface area (Å²) in [6.07, 6.45) is 1.57. The number of carbonyl (C=O) groups excluding carboxylic acids is 3. The highest BCUT2D eigenvalue weighted by atomic mass is 32.1. The average Bonchev–Trinajstić information content (AvgIpc) is 3.28. The van der Waals surface area contributed by atoms with Gasteiger partial charge in [0.15, 0.2) is 11.7 Å². The summed E-state index contributed by atoms with van der Waals surface area (Å²) < 4.78 is 18.2. The van der Waals surface area contributed by atoms with Gasteiger partial charge in [-0.15, -0.1) is 0 Å². The topological polar surface area (TPSA) is 132 Å². The Morgan fingerprint density at radius 1 is 1.00 bits per heavy atom. The molecule has 0 aliphatic carbocycles. The zero-order chi connectivity index (χ0) is 31.8. The average molecular weight is 618 g/mol. The molecule has 2 heterocycles. The normalized spacial score (nSPS) is 14.6. The van der Waals surface area contributed by atoms with Gasteiger partial charge in [-0.25, -0.2) is 15.0 Å². The van der Waals surface area contributed by atoms with E-state index < -0.39 is 17.9 Å². The van der Waals surface area contributed by atoms with Gasteiger partial charge in [-0.1, -0.05) is 18.2 Å². The summed E-state index contributed by atoms with van der Waals surface area (Å²) in [5.41, 5.74) is 8.10. The summed E-state index contributed by atoms with van der Waals surface area (Å²) in [5, 5.41) is 10.5. The Bertz CT molecular complexity index is 1630. The number of allylic oxidation sites excluding steroid dienone is 1. The van der Waals surface area contributed by atoms with Crippen LogP contribution in [-0.4, -0.2) is 53.6 Å². The minimum absolute atomic E-state index is 0.222. The predicted octanol–water partition coefficient (Wildman–Crippen LogP) is 4.16. The van der Waals surface area contributed by atoms with Crippen molar-refractivity contribution in [2.45, 2.75) is 40.7 Å². The van der Waals surface area contributed by atoms with Gasteiger partial charge in [0.25, 0.3) is 5.91 Å². The van der Waals surface area contributed by atoms with E-state index in [2.05, 4.69) is 21.2 Å². The summed E-state index contributed by atoms with van der Waals surface area (Å²) in [6, 6.07) is 15.6. The number of aryl methyl sites for hydroxylation is 1. The summed E-state index contributed by atoms with van der Waals surface area (Å²) in [5.74, 6) is -0.907. The zero-order valence-electron chi connectivity index (χ0n) is 25.2. The maximum absolute atomic E-state index is 12.8. The summed E-state index contributed by atoms with van der Waals surface area (Å²) in [4.78, 5) is 37.4. The van der Waals surface area contributed by atoms with Crippen molar-refractivity contribution in [3.05, 3.63) is 93.9 Å². The monoisotopic (exact) mass is 617 g/mol. The van der Waals surface area contributed by atoms with Crippen LogP contribution < -0.4 is 20.8 Å². The highest BCUT2D eigenvalue weighted by Gasteiger charge is 2.32. The number of hydrogen-bond donors (Lipinski definition) is 3. The van der Waals surface area contributed by atoms with Gasteiger partial charge >= 0.3 is 11.9 Å². The van der Waals surface area contributed by atoms with Crippen LogP contribution in [0.3, 0.4) is 0 Å². The second-order valence-electron chi connectivity index (χ2n) is 9.84. The fourth-order valence-corrected chi connectivity index (χ4v) is 5.15. The quantitative estimate of drug-likeness (QED) is 0.126. The van der Waals surface area contributed by atoms with Gasteiger partial charge in [0, 0.05) is 33.9 Å². The number of benzene rings is 2. The Labute approximate surface area is 261 Å². The Balaban J connectivity index is 1.42. The number of rotatable bonds is 11. The minimum Gasteiger partial charge on any atom is -0.483 e. The first-order valence-corrected chi connectivity index (χ1v) is 14.5. The van der Waals surface area contributed by atoms with Gasteiger partial charge in [-0.05, 0) is 83.2 Å². The molecule has 0 saturated carbocycles. The maximum Gasteiger partial charge on any atom is 0.338 e. The molecule has 12 heteroatoms. The van der Waals surface area contributed by atoms with Crippen LogP contribution in [0.15, 0.2) is 71.0 Å². The zero-order valence-corrected chi connectivity index (χ0v) is 26.0. The number of ether oxygens (including phenoxy) is 3. The van der Waals surface area contributed by atoms with Gasteiger partial charge in [0.1, 0.15) is 5.75 Å². The molecule has 1 aliphatic rings. The molecule has 230 valence electrons. The van der Waals surface area contributed by atoms with E-state index in [-0.39, 0.29) is 19.2 Å². The standard InChI is InChI=1S/C32H35N5O6S/c1-6-41-30(39)22-12-14-24(15-13-22)37-19(3)16-23(21(37)5)17-33-36-27(38)18-43-26-11-9-8-10-25(26)29-28(31(40)42-7-2)20(4)34-32(44)35-29/h8-17,29H,6-7,18H2,1-5H3,(H,36,38)(H2,34,35,44)/t29-/m1/s1. The van der Waals surface area contributed by atoms with E-state index >= 15 is 0 Å². The van der Waals surface area contributed by atoms with E-state index in [1.807, 2.05) is 42.7 Å². The molecule has 1 aliphatic heterocycles. The van der Waals surface area contributed by atoms with Crippen molar-refractivity contribution in [1.82, 2.24) is 20.6 Å². The first-order valence-electron chi connectivity index (χ1n) is 14.1. The van der Waals surface area contributed by atoms with Gasteiger partial charge < -0.3 is 29.4 Å². The van der Waals surface area contributed by atoms with Crippen molar-refractivity contribution in [2.24, 2.45) is 5.10 Å². The fourth-order valence-electron chi connectivity index (χ4n) is 4.88. The van der Waals surface area contributed by atoms with Crippen LogP contribution in [0.25, 0.3) is 5.69 Å². The third-order valence-corrected chi connectivity index (χ3v) is 7.07. The first-order chi connectivity index (χ1) is 21.1. The number of amides is 1. The molecule has 1 amide bonds. The Kier molecular flexibility index (Phi) is 10.5. The summed E-state index contributed by atoms with van der Waals surface area (Å²) in [7, 11) is 0. The van der Waals surface area contributed by atoms with E-state index in [1.165, 1.54) is 0 Å². The molecular formula is C32H35N5O6S. The number of thiocarbonyl (C=S) groups is 1. The molecule has 3 N–H and O–H groups in total. The van der Waals surface area contributed by atoms with Gasteiger partial charge in [-0.2, -0.15) is 5.10 Å². The third kappa shape index (κ3) is 7.32. The molecular weight excluding hydrogens is 582 g/mol. The van der Waals surface area contributed by atoms with E-state index in [0.717, 1.165) is 22.6 Å². The van der Waals surface area contributed by atoms with Crippen LogP contribution in [0.2, 0.25) is 0 Å². The second kappa shape index (κ2) is 14.5. The van der Waals surface area contributed by atoms with Crippen LogP contribution in [0.1, 0.15) is 59.7 Å². The lowest BCUT2D eigenvalue weighted by atomic mass is 9.95. The Morgan fingerprint density at radius 2 is 1.68 bits per heavy atom. The number of hydrazone groups is 1. The number of hydrogen-bond acceptors (Lipinski definition) is 8. The molecule has 0 radical (unpaired) electrons. The summed E-state index contributed by atoms with van der Waals surface area (Å²) in [6.45, 7) is 9.38. The molecule has 0 bridgehead atoms. The third-order valence-electron chi connectivity index (χ3n) is 6.85. The molecule has 44 heavy (non-hydrogen) atoms. The number of esters is 2. The Hall–Kier alpha value is -4.97. The van der Waals surface area contributed by atoms with E-state index in [1.54, 1.807) is 57.3 Å². The minimum atomic E-state index is -0.628. The molecule has 4 rings (SSSR count). The predicted molar refractivity (Wildman–Crippen MR) is 170 cm³/mol. The lowest BCUT2D eigenvalue weighted by molar-refractivity contribution is -0.139. The lowest BCUT2D eigenvalue weighted by Crippen LogP contribution is -2.45. The number of nitrogens with one attached hydrogen (secondary N) is 3. The molecule has 11 nitrogen and oxygen atoms in total. The number of aromatic nitrogens is 1. The molecule has 0 spiro atoms. The van der Waals surface area contributed by atoms with Crippen LogP contribution in [0.4, 0.5) is 0 Å². The van der Waals surface area contributed by atoms with Crippen molar-refractivity contribution in [1.29, 1.82) is 0 Å². The fraction of sp³-hybridized carbons (Fsp3) is 0.281. The van der Waals surface area contributed by atoms with Gasteiger partial charge in [-0.3, -0.25) is 4.79 Å². The van der Waals surface area contributed by atoms with Gasteiger partial charge in [0.05, 0.1) is 36.6 Å². The lowest BCUT2D eigenvalue weighted by Gasteiger charge is -2.30. The van der Waals surface area contributed by atoms with E-state index in [4.69, 9.17) is 26.4 Å². The largest absolute Gasteiger partial charge is 0.483 e. The van der Waals surface area contributed by atoms with Crippen LogP contribution in [0, 0.1) is 13.8 Å². The maximum atomic E-state index is 12.8. The van der Waals surface area contributed by atoms with Crippen LogP contribution in [-0.2, 0) is 19.1 Å². The molecule has 3 aromatic rings. The van der Waals surface area contributed by atoms with Crippen molar-refractivity contribution in [3.63, 3.8) is 0 Å². The molecule has 0 saturated heterocycles. The molecule has 1 aromatic heterocycles. The number of para-hydroxylation sites is 1. The molecule has 0 unspecified atom stereocenters. The number of carbonyl (C=O) groups is 3. The van der Waals surface area contributed by atoms with Crippen LogP contribution >= 0.6 is 12.2 Å². The first kappa shape index (κ1) is 32.0.